The van der Waals surface area contributed by atoms with E-state index in [9.17, 15) is 8.42 Å². The molecular weight excluding hydrogens is 352 g/mol. The fraction of sp³-hybridized carbons (Fsp3) is 0.200. The van der Waals surface area contributed by atoms with Crippen LogP contribution in [0.5, 0.6) is 0 Å². The average molecular weight is 369 g/mol. The molecule has 0 bridgehead atoms. The Labute approximate surface area is 133 Å². The minimum atomic E-state index is -3.55. The highest BCUT2D eigenvalue weighted by atomic mass is 79.9. The van der Waals surface area contributed by atoms with Crippen molar-refractivity contribution < 1.29 is 8.42 Å². The van der Waals surface area contributed by atoms with Crippen molar-refractivity contribution in [2.75, 3.05) is 0 Å². The second-order valence-electron chi connectivity index (χ2n) is 4.71. The number of halogens is 1. The van der Waals surface area contributed by atoms with Crippen LogP contribution >= 0.6 is 15.9 Å². The van der Waals surface area contributed by atoms with E-state index in [4.69, 9.17) is 5.73 Å². The Morgan fingerprint density at radius 2 is 1.86 bits per heavy atom. The molecule has 0 aromatic heterocycles. The lowest BCUT2D eigenvalue weighted by molar-refractivity contribution is 0.581. The highest BCUT2D eigenvalue weighted by Crippen LogP contribution is 2.18. The Balaban J connectivity index is 2.21. The summed E-state index contributed by atoms with van der Waals surface area (Å²) in [5.74, 6) is 0. The van der Waals surface area contributed by atoms with Crippen LogP contribution in [0, 0.1) is 6.92 Å². The van der Waals surface area contributed by atoms with Gasteiger partial charge in [-0.05, 0) is 41.8 Å². The predicted octanol–water partition coefficient (Wildman–Crippen LogP) is 2.69. The quantitative estimate of drug-likeness (QED) is 0.851. The first-order valence-electron chi connectivity index (χ1n) is 6.46. The Kier molecular flexibility index (Phi) is 5.16. The lowest BCUT2D eigenvalue weighted by Gasteiger charge is -2.10. The van der Waals surface area contributed by atoms with Crippen LogP contribution in [0.2, 0.25) is 0 Å². The van der Waals surface area contributed by atoms with E-state index in [0.717, 1.165) is 21.2 Å². The molecule has 6 heteroatoms. The van der Waals surface area contributed by atoms with Crippen molar-refractivity contribution in [3.05, 3.63) is 63.6 Å². The molecule has 0 aliphatic heterocycles. The largest absolute Gasteiger partial charge is 0.326 e. The highest BCUT2D eigenvalue weighted by Gasteiger charge is 2.15. The summed E-state index contributed by atoms with van der Waals surface area (Å²) in [7, 11) is -3.55. The van der Waals surface area contributed by atoms with Gasteiger partial charge in [-0.2, -0.15) is 0 Å². The van der Waals surface area contributed by atoms with E-state index in [1.54, 1.807) is 18.2 Å². The maximum Gasteiger partial charge on any atom is 0.240 e. The molecule has 0 fully saturated rings. The summed E-state index contributed by atoms with van der Waals surface area (Å²) in [6, 6.07) is 12.5. The van der Waals surface area contributed by atoms with Crippen LogP contribution in [0.25, 0.3) is 0 Å². The number of nitrogens with two attached hydrogens (primary N) is 1. The maximum absolute atomic E-state index is 12.3. The monoisotopic (exact) mass is 368 g/mol. The molecule has 0 spiro atoms. The Bertz CT molecular complexity index is 745. The number of hydrogen-bond acceptors (Lipinski definition) is 3. The van der Waals surface area contributed by atoms with E-state index < -0.39 is 10.0 Å². The second-order valence-corrected chi connectivity index (χ2v) is 7.33. The first-order valence-corrected chi connectivity index (χ1v) is 8.74. The third-order valence-electron chi connectivity index (χ3n) is 3.26. The van der Waals surface area contributed by atoms with Gasteiger partial charge in [0.15, 0.2) is 0 Å². The summed E-state index contributed by atoms with van der Waals surface area (Å²) in [6.07, 6.45) is 0. The van der Waals surface area contributed by atoms with E-state index in [1.165, 1.54) is 0 Å². The molecule has 0 aliphatic rings. The topological polar surface area (TPSA) is 72.2 Å². The number of nitrogens with one attached hydrogen (secondary N) is 1. The summed E-state index contributed by atoms with van der Waals surface area (Å²) in [6.45, 7) is 2.46. The molecule has 3 N–H and O–H groups in total. The number of aryl methyl sites for hydroxylation is 1. The van der Waals surface area contributed by atoms with Crippen LogP contribution in [0.4, 0.5) is 0 Å². The number of benzene rings is 2. The molecule has 0 amide bonds. The van der Waals surface area contributed by atoms with Gasteiger partial charge in [0.25, 0.3) is 0 Å². The van der Waals surface area contributed by atoms with Gasteiger partial charge in [-0.1, -0.05) is 40.2 Å². The first-order chi connectivity index (χ1) is 9.94. The molecule has 0 saturated carbocycles. The van der Waals surface area contributed by atoms with Crippen LogP contribution in [0.3, 0.4) is 0 Å². The van der Waals surface area contributed by atoms with Crippen LogP contribution in [-0.2, 0) is 23.1 Å². The van der Waals surface area contributed by atoms with Gasteiger partial charge in [-0.3, -0.25) is 0 Å². The predicted molar refractivity (Wildman–Crippen MR) is 87.2 cm³/mol. The zero-order chi connectivity index (χ0) is 15.5. The molecule has 0 unspecified atom stereocenters. The van der Waals surface area contributed by atoms with Gasteiger partial charge in [0.1, 0.15) is 0 Å². The standard InChI is InChI=1S/C15H17BrN2O2S/c1-11-6-7-14(8-13(11)9-17)21(19,20)18-10-12-4-2-3-5-15(12)16/h2-8,18H,9-10,17H2,1H3. The second kappa shape index (κ2) is 6.70. The van der Waals surface area contributed by atoms with Gasteiger partial charge in [-0.25, -0.2) is 13.1 Å². The van der Waals surface area contributed by atoms with E-state index in [0.29, 0.717) is 6.54 Å². The molecule has 21 heavy (non-hydrogen) atoms. The van der Waals surface area contributed by atoms with Crippen LogP contribution in [-0.4, -0.2) is 8.42 Å². The van der Waals surface area contributed by atoms with Crippen molar-refractivity contribution in [3.63, 3.8) is 0 Å². The molecule has 0 atom stereocenters. The van der Waals surface area contributed by atoms with Crippen molar-refractivity contribution in [1.82, 2.24) is 4.72 Å². The van der Waals surface area contributed by atoms with Crippen LogP contribution in [0.15, 0.2) is 51.8 Å². The zero-order valence-corrected chi connectivity index (χ0v) is 14.0. The molecule has 4 nitrogen and oxygen atoms in total. The number of rotatable bonds is 5. The van der Waals surface area contributed by atoms with Crippen LogP contribution in [0.1, 0.15) is 16.7 Å². The number of sulfonamides is 1. The van der Waals surface area contributed by atoms with Gasteiger partial charge < -0.3 is 5.73 Å². The lowest BCUT2D eigenvalue weighted by atomic mass is 10.1. The third-order valence-corrected chi connectivity index (χ3v) is 5.43. The molecule has 0 radical (unpaired) electrons. The molecule has 0 heterocycles. The van der Waals surface area contributed by atoms with Gasteiger partial charge in [0, 0.05) is 17.6 Å². The molecule has 2 aromatic rings. The Hall–Kier alpha value is -1.21. The molecule has 112 valence electrons. The fourth-order valence-electron chi connectivity index (χ4n) is 1.93. The van der Waals surface area contributed by atoms with Crippen molar-refractivity contribution in [2.24, 2.45) is 5.73 Å². The zero-order valence-electron chi connectivity index (χ0n) is 11.6. The smallest absolute Gasteiger partial charge is 0.240 e. The van der Waals surface area contributed by atoms with E-state index in [-0.39, 0.29) is 11.4 Å². The average Bonchev–Trinajstić information content (AvgIpc) is 2.46. The molecule has 2 rings (SSSR count). The van der Waals surface area contributed by atoms with Gasteiger partial charge in [-0.15, -0.1) is 0 Å². The van der Waals surface area contributed by atoms with Crippen molar-refractivity contribution in [2.45, 2.75) is 24.9 Å². The SMILES string of the molecule is Cc1ccc(S(=O)(=O)NCc2ccccc2Br)cc1CN. The van der Waals surface area contributed by atoms with Gasteiger partial charge >= 0.3 is 0 Å². The Morgan fingerprint density at radius 1 is 1.14 bits per heavy atom. The molecule has 0 aliphatic carbocycles. The fourth-order valence-corrected chi connectivity index (χ4v) is 3.41. The van der Waals surface area contributed by atoms with Crippen LogP contribution < -0.4 is 10.5 Å². The van der Waals surface area contributed by atoms with Gasteiger partial charge in [0.2, 0.25) is 10.0 Å². The minimum absolute atomic E-state index is 0.232. The van der Waals surface area contributed by atoms with E-state index in [2.05, 4.69) is 20.7 Å². The maximum atomic E-state index is 12.3. The first kappa shape index (κ1) is 16.2. The Morgan fingerprint density at radius 3 is 2.52 bits per heavy atom. The highest BCUT2D eigenvalue weighted by molar-refractivity contribution is 9.10. The summed E-state index contributed by atoms with van der Waals surface area (Å²) < 4.78 is 28.1. The molecular formula is C15H17BrN2O2S. The summed E-state index contributed by atoms with van der Waals surface area (Å²) in [5.41, 5.74) is 8.33. The molecule has 2 aromatic carbocycles. The minimum Gasteiger partial charge on any atom is -0.326 e. The van der Waals surface area contributed by atoms with Crippen molar-refractivity contribution in [1.29, 1.82) is 0 Å². The van der Waals surface area contributed by atoms with Crippen molar-refractivity contribution >= 4 is 26.0 Å². The van der Waals surface area contributed by atoms with E-state index >= 15 is 0 Å². The lowest BCUT2D eigenvalue weighted by Crippen LogP contribution is -2.23. The molecule has 0 saturated heterocycles. The van der Waals surface area contributed by atoms with Crippen molar-refractivity contribution in [3.8, 4) is 0 Å². The van der Waals surface area contributed by atoms with Gasteiger partial charge in [0.05, 0.1) is 4.90 Å². The summed E-state index contributed by atoms with van der Waals surface area (Å²) in [5, 5.41) is 0. The third kappa shape index (κ3) is 3.91. The number of hydrogen-bond donors (Lipinski definition) is 2. The summed E-state index contributed by atoms with van der Waals surface area (Å²) in [4.78, 5) is 0.237. The summed E-state index contributed by atoms with van der Waals surface area (Å²) >= 11 is 3.40. The normalized spacial score (nSPS) is 11.6. The van der Waals surface area contributed by atoms with E-state index in [1.807, 2.05) is 31.2 Å².